The lowest BCUT2D eigenvalue weighted by molar-refractivity contribution is 0.0694. The summed E-state index contributed by atoms with van der Waals surface area (Å²) in [5.74, 6) is -1.45. The molecule has 0 fully saturated rings. The molecule has 0 aliphatic rings. The Kier molecular flexibility index (Phi) is 4.48. The predicted octanol–water partition coefficient (Wildman–Crippen LogP) is 3.16. The molecule has 0 aliphatic heterocycles. The molecule has 2 aromatic rings. The summed E-state index contributed by atoms with van der Waals surface area (Å²) in [7, 11) is 1.88. The Hall–Kier alpha value is -2.20. The van der Waals surface area contributed by atoms with Gasteiger partial charge < -0.3 is 5.11 Å². The van der Waals surface area contributed by atoms with Crippen molar-refractivity contribution >= 4 is 5.97 Å². The number of benzene rings is 2. The molecule has 2 rings (SSSR count). The van der Waals surface area contributed by atoms with Gasteiger partial charge in [0.05, 0.1) is 5.56 Å². The number of hydrogen-bond donors (Lipinski definition) is 1. The molecule has 2 aromatic carbocycles. The quantitative estimate of drug-likeness (QED) is 0.909. The molecule has 4 heteroatoms. The Balaban J connectivity index is 2.13. The zero-order valence-electron chi connectivity index (χ0n) is 11.2. The first-order valence-corrected chi connectivity index (χ1v) is 6.30. The number of carboxylic acids is 1. The Morgan fingerprint density at radius 2 is 1.85 bits per heavy atom. The average molecular weight is 273 g/mol. The van der Waals surface area contributed by atoms with Gasteiger partial charge in [0.15, 0.2) is 0 Å². The Bertz CT molecular complexity index is 599. The van der Waals surface area contributed by atoms with Gasteiger partial charge in [-0.25, -0.2) is 9.18 Å². The van der Waals surface area contributed by atoms with E-state index in [2.05, 4.69) is 0 Å². The molecule has 0 bridgehead atoms. The van der Waals surface area contributed by atoms with Crippen LogP contribution in [-0.2, 0) is 13.1 Å². The van der Waals surface area contributed by atoms with Crippen LogP contribution in [0.2, 0.25) is 0 Å². The van der Waals surface area contributed by atoms with Gasteiger partial charge in [0.2, 0.25) is 0 Å². The largest absolute Gasteiger partial charge is 0.478 e. The zero-order valence-corrected chi connectivity index (χ0v) is 11.2. The Labute approximate surface area is 117 Å². The maximum atomic E-state index is 13.3. The van der Waals surface area contributed by atoms with Crippen LogP contribution in [0.5, 0.6) is 0 Å². The van der Waals surface area contributed by atoms with Crippen molar-refractivity contribution in [2.24, 2.45) is 0 Å². The molecule has 0 unspecified atom stereocenters. The van der Waals surface area contributed by atoms with Crippen LogP contribution in [0.3, 0.4) is 0 Å². The number of aromatic carboxylic acids is 1. The van der Waals surface area contributed by atoms with Crippen molar-refractivity contribution < 1.29 is 14.3 Å². The van der Waals surface area contributed by atoms with Crippen LogP contribution in [0.25, 0.3) is 0 Å². The molecule has 0 heterocycles. The molecule has 0 aliphatic carbocycles. The Morgan fingerprint density at radius 3 is 2.50 bits per heavy atom. The lowest BCUT2D eigenvalue weighted by Gasteiger charge is -2.18. The summed E-state index contributed by atoms with van der Waals surface area (Å²) >= 11 is 0. The molecule has 0 spiro atoms. The van der Waals surface area contributed by atoms with E-state index in [1.807, 2.05) is 42.3 Å². The summed E-state index contributed by atoms with van der Waals surface area (Å²) in [5, 5.41) is 9.12. The summed E-state index contributed by atoms with van der Waals surface area (Å²) in [6.07, 6.45) is 0. The van der Waals surface area contributed by atoms with Crippen LogP contribution < -0.4 is 0 Å². The third-order valence-electron chi connectivity index (χ3n) is 3.03. The van der Waals surface area contributed by atoms with Crippen LogP contribution >= 0.6 is 0 Å². The minimum Gasteiger partial charge on any atom is -0.478 e. The number of rotatable bonds is 5. The minimum absolute atomic E-state index is 0.145. The molecule has 3 nitrogen and oxygen atoms in total. The number of carboxylic acid groups (broad SMARTS) is 1. The van der Waals surface area contributed by atoms with Crippen molar-refractivity contribution in [1.82, 2.24) is 4.90 Å². The van der Waals surface area contributed by atoms with Crippen molar-refractivity contribution in [3.05, 3.63) is 71.0 Å². The van der Waals surface area contributed by atoms with Gasteiger partial charge in [-0.2, -0.15) is 0 Å². The maximum Gasteiger partial charge on any atom is 0.336 e. The fourth-order valence-corrected chi connectivity index (χ4v) is 2.14. The van der Waals surface area contributed by atoms with Gasteiger partial charge in [0.25, 0.3) is 0 Å². The highest BCUT2D eigenvalue weighted by Gasteiger charge is 2.12. The van der Waals surface area contributed by atoms with Crippen LogP contribution in [0, 0.1) is 5.82 Å². The molecule has 0 saturated carbocycles. The minimum atomic E-state index is -1.03. The maximum absolute atomic E-state index is 13.3. The van der Waals surface area contributed by atoms with E-state index in [-0.39, 0.29) is 5.56 Å². The van der Waals surface area contributed by atoms with E-state index in [0.29, 0.717) is 18.7 Å². The van der Waals surface area contributed by atoms with Crippen molar-refractivity contribution in [3.63, 3.8) is 0 Å². The van der Waals surface area contributed by atoms with Gasteiger partial charge in [-0.15, -0.1) is 0 Å². The van der Waals surface area contributed by atoms with E-state index >= 15 is 0 Å². The van der Waals surface area contributed by atoms with Crippen LogP contribution in [0.1, 0.15) is 21.5 Å². The number of nitrogens with zero attached hydrogens (tertiary/aromatic N) is 1. The van der Waals surface area contributed by atoms with Crippen LogP contribution in [-0.4, -0.2) is 23.0 Å². The molecule has 0 saturated heterocycles. The molecule has 104 valence electrons. The highest BCUT2D eigenvalue weighted by Crippen LogP contribution is 2.15. The van der Waals surface area contributed by atoms with E-state index < -0.39 is 11.8 Å². The molecule has 1 N–H and O–H groups in total. The van der Waals surface area contributed by atoms with Crippen LogP contribution in [0.4, 0.5) is 4.39 Å². The summed E-state index contributed by atoms with van der Waals surface area (Å²) in [6.45, 7) is 1.06. The van der Waals surface area contributed by atoms with Gasteiger partial charge in [-0.1, -0.05) is 30.3 Å². The van der Waals surface area contributed by atoms with Crippen molar-refractivity contribution in [3.8, 4) is 0 Å². The topological polar surface area (TPSA) is 40.5 Å². The summed E-state index contributed by atoms with van der Waals surface area (Å²) in [6, 6.07) is 13.6. The molecule has 0 atom stereocenters. The van der Waals surface area contributed by atoms with Crippen molar-refractivity contribution in [2.75, 3.05) is 7.05 Å². The average Bonchev–Trinajstić information content (AvgIpc) is 2.39. The van der Waals surface area contributed by atoms with E-state index in [1.54, 1.807) is 0 Å². The lowest BCUT2D eigenvalue weighted by Crippen LogP contribution is -2.19. The molecular weight excluding hydrogens is 257 g/mol. The Morgan fingerprint density at radius 1 is 1.15 bits per heavy atom. The fraction of sp³-hybridized carbons (Fsp3) is 0.188. The molecule has 0 amide bonds. The van der Waals surface area contributed by atoms with Gasteiger partial charge in [0, 0.05) is 13.1 Å². The zero-order chi connectivity index (χ0) is 14.5. The molecule has 0 aromatic heterocycles. The predicted molar refractivity (Wildman–Crippen MR) is 75.0 cm³/mol. The first kappa shape index (κ1) is 14.2. The molecule has 20 heavy (non-hydrogen) atoms. The number of hydrogen-bond acceptors (Lipinski definition) is 2. The first-order chi connectivity index (χ1) is 9.56. The number of halogens is 1. The van der Waals surface area contributed by atoms with Crippen molar-refractivity contribution in [2.45, 2.75) is 13.1 Å². The molecular formula is C16H16FNO2. The third kappa shape index (κ3) is 3.65. The smallest absolute Gasteiger partial charge is 0.336 e. The van der Waals surface area contributed by atoms with E-state index in [0.717, 1.165) is 5.56 Å². The van der Waals surface area contributed by atoms with Crippen LogP contribution in [0.15, 0.2) is 48.5 Å². The van der Waals surface area contributed by atoms with Gasteiger partial charge in [-0.05, 0) is 36.4 Å². The summed E-state index contributed by atoms with van der Waals surface area (Å²) in [5.41, 5.74) is 1.76. The SMILES string of the molecule is CN(Cc1ccccc1)Cc1cc(F)ccc1C(=O)O. The van der Waals surface area contributed by atoms with Gasteiger partial charge in [0.1, 0.15) is 5.82 Å². The number of carbonyl (C=O) groups is 1. The van der Waals surface area contributed by atoms with E-state index in [4.69, 9.17) is 5.11 Å². The third-order valence-corrected chi connectivity index (χ3v) is 3.03. The monoisotopic (exact) mass is 273 g/mol. The standard InChI is InChI=1S/C16H16FNO2/c1-18(10-12-5-3-2-4-6-12)11-13-9-14(17)7-8-15(13)16(19)20/h2-9H,10-11H2,1H3,(H,19,20). The van der Waals surface area contributed by atoms with Crippen molar-refractivity contribution in [1.29, 1.82) is 0 Å². The van der Waals surface area contributed by atoms with Gasteiger partial charge in [-0.3, -0.25) is 4.90 Å². The fourth-order valence-electron chi connectivity index (χ4n) is 2.14. The van der Waals surface area contributed by atoms with E-state index in [1.165, 1.54) is 18.2 Å². The highest BCUT2D eigenvalue weighted by atomic mass is 19.1. The second-order valence-electron chi connectivity index (χ2n) is 4.76. The second kappa shape index (κ2) is 6.30. The highest BCUT2D eigenvalue weighted by molar-refractivity contribution is 5.89. The normalized spacial score (nSPS) is 10.8. The van der Waals surface area contributed by atoms with Gasteiger partial charge >= 0.3 is 5.97 Å². The molecule has 0 radical (unpaired) electrons. The lowest BCUT2D eigenvalue weighted by atomic mass is 10.1. The first-order valence-electron chi connectivity index (χ1n) is 6.30. The van der Waals surface area contributed by atoms with E-state index in [9.17, 15) is 9.18 Å². The second-order valence-corrected chi connectivity index (χ2v) is 4.76. The summed E-state index contributed by atoms with van der Waals surface area (Å²) < 4.78 is 13.3. The summed E-state index contributed by atoms with van der Waals surface area (Å²) in [4.78, 5) is 13.1.